The molecule has 0 saturated heterocycles. The van der Waals surface area contributed by atoms with Crippen molar-refractivity contribution in [3.05, 3.63) is 34.1 Å². The molecule has 0 unspecified atom stereocenters. The van der Waals surface area contributed by atoms with Gasteiger partial charge < -0.3 is 4.98 Å². The summed E-state index contributed by atoms with van der Waals surface area (Å²) in [5, 5.41) is 11.0. The van der Waals surface area contributed by atoms with Gasteiger partial charge in [-0.15, -0.1) is 0 Å². The summed E-state index contributed by atoms with van der Waals surface area (Å²) >= 11 is 0. The number of nitro groups is 1. The molecule has 1 N–H and O–H groups in total. The van der Waals surface area contributed by atoms with Gasteiger partial charge in [-0.2, -0.15) is 0 Å². The molecular weight excluding hydrogens is 198 g/mol. The van der Waals surface area contributed by atoms with Crippen molar-refractivity contribution in [2.45, 2.75) is 6.92 Å². The zero-order valence-electron chi connectivity index (χ0n) is 7.85. The molecule has 0 aliphatic carbocycles. The van der Waals surface area contributed by atoms with Crippen LogP contribution in [0.4, 0.5) is 5.69 Å². The van der Waals surface area contributed by atoms with Crippen LogP contribution < -0.4 is 0 Å². The fourth-order valence-corrected chi connectivity index (χ4v) is 1.38. The third-order valence-corrected chi connectivity index (χ3v) is 2.11. The average Bonchev–Trinajstić information content (AvgIpc) is 2.59. The number of aromatic nitrogens is 2. The molecule has 2 rings (SSSR count). The topological polar surface area (TPSA) is 88.9 Å². The van der Waals surface area contributed by atoms with Gasteiger partial charge in [0.25, 0.3) is 5.69 Å². The highest BCUT2D eigenvalue weighted by molar-refractivity contribution is 6.06. The van der Waals surface area contributed by atoms with Crippen LogP contribution in [-0.4, -0.2) is 20.7 Å². The smallest absolute Gasteiger partial charge is 0.288 e. The second-order valence-electron chi connectivity index (χ2n) is 3.11. The molecule has 0 fully saturated rings. The highest BCUT2D eigenvalue weighted by Gasteiger charge is 2.13. The van der Waals surface area contributed by atoms with E-state index in [2.05, 4.69) is 9.97 Å². The molecule has 0 spiro atoms. The van der Waals surface area contributed by atoms with Crippen LogP contribution in [0.3, 0.4) is 0 Å². The number of H-pyrrole nitrogens is 1. The van der Waals surface area contributed by atoms with E-state index >= 15 is 0 Å². The number of Topliss-reactive ketones (excluding diaryl/α,β-unsaturated/α-hetero) is 1. The minimum Gasteiger partial charge on any atom is -0.345 e. The Balaban J connectivity index is 2.72. The van der Waals surface area contributed by atoms with E-state index in [1.807, 2.05) is 0 Å². The zero-order valence-corrected chi connectivity index (χ0v) is 7.85. The van der Waals surface area contributed by atoms with Crippen LogP contribution in [0, 0.1) is 10.1 Å². The first-order valence-corrected chi connectivity index (χ1v) is 4.22. The number of rotatable bonds is 2. The molecule has 2 heterocycles. The Hall–Kier alpha value is -2.24. The van der Waals surface area contributed by atoms with E-state index in [0.29, 0.717) is 16.6 Å². The largest absolute Gasteiger partial charge is 0.345 e. The number of aromatic amines is 1. The van der Waals surface area contributed by atoms with E-state index in [4.69, 9.17) is 0 Å². The lowest BCUT2D eigenvalue weighted by Gasteiger charge is -1.93. The van der Waals surface area contributed by atoms with Gasteiger partial charge in [-0.3, -0.25) is 14.9 Å². The Morgan fingerprint density at radius 3 is 2.93 bits per heavy atom. The van der Waals surface area contributed by atoms with Gasteiger partial charge in [0.1, 0.15) is 11.8 Å². The molecule has 0 aromatic carbocycles. The number of nitrogens with one attached hydrogen (secondary N) is 1. The quantitative estimate of drug-likeness (QED) is 0.458. The molecule has 6 heteroatoms. The van der Waals surface area contributed by atoms with Gasteiger partial charge in [0.2, 0.25) is 0 Å². The Morgan fingerprint density at radius 2 is 2.33 bits per heavy atom. The maximum absolute atomic E-state index is 11.2. The van der Waals surface area contributed by atoms with E-state index < -0.39 is 4.92 Å². The summed E-state index contributed by atoms with van der Waals surface area (Å²) in [6, 6.07) is 1.34. The van der Waals surface area contributed by atoms with Gasteiger partial charge in [0.15, 0.2) is 5.78 Å². The summed E-state index contributed by atoms with van der Waals surface area (Å²) in [6.45, 7) is 1.40. The number of hydrogen-bond donors (Lipinski definition) is 1. The maximum atomic E-state index is 11.2. The molecular formula is C9H7N3O3. The van der Waals surface area contributed by atoms with Crippen molar-refractivity contribution in [1.82, 2.24) is 9.97 Å². The van der Waals surface area contributed by atoms with E-state index in [1.54, 1.807) is 0 Å². The molecule has 0 amide bonds. The third-order valence-electron chi connectivity index (χ3n) is 2.11. The van der Waals surface area contributed by atoms with Crippen molar-refractivity contribution in [1.29, 1.82) is 0 Å². The first kappa shape index (κ1) is 9.32. The van der Waals surface area contributed by atoms with Crippen LogP contribution in [0.1, 0.15) is 17.3 Å². The van der Waals surface area contributed by atoms with Gasteiger partial charge in [-0.05, 0) is 6.92 Å². The lowest BCUT2D eigenvalue weighted by atomic mass is 10.1. The van der Waals surface area contributed by atoms with E-state index in [-0.39, 0.29) is 11.5 Å². The number of carbonyl (C=O) groups is 1. The van der Waals surface area contributed by atoms with Crippen LogP contribution in [0.2, 0.25) is 0 Å². The van der Waals surface area contributed by atoms with Gasteiger partial charge in [0.05, 0.1) is 4.92 Å². The standard InChI is InChI=1S/C9H7N3O3/c1-5(13)8-4-11-9-7(8)2-6(3-10-9)12(14)15/h2-4H,1H3,(H,10,11). The van der Waals surface area contributed by atoms with Crippen LogP contribution in [0.5, 0.6) is 0 Å². The highest BCUT2D eigenvalue weighted by Crippen LogP contribution is 2.21. The number of nitrogens with zero attached hydrogens (tertiary/aromatic N) is 2. The predicted molar refractivity (Wildman–Crippen MR) is 52.8 cm³/mol. The fraction of sp³-hybridized carbons (Fsp3) is 0.111. The second kappa shape index (κ2) is 3.16. The molecule has 0 saturated carbocycles. The second-order valence-corrected chi connectivity index (χ2v) is 3.11. The average molecular weight is 205 g/mol. The molecule has 0 aliphatic rings. The summed E-state index contributed by atoms with van der Waals surface area (Å²) in [5.41, 5.74) is 0.775. The fourth-order valence-electron chi connectivity index (χ4n) is 1.38. The molecule has 15 heavy (non-hydrogen) atoms. The number of fused-ring (bicyclic) bond motifs is 1. The first-order valence-electron chi connectivity index (χ1n) is 4.22. The summed E-state index contributed by atoms with van der Waals surface area (Å²) < 4.78 is 0. The highest BCUT2D eigenvalue weighted by atomic mass is 16.6. The molecule has 0 atom stereocenters. The lowest BCUT2D eigenvalue weighted by Crippen LogP contribution is -1.92. The maximum Gasteiger partial charge on any atom is 0.288 e. The Bertz CT molecular complexity index is 559. The summed E-state index contributed by atoms with van der Waals surface area (Å²) in [7, 11) is 0. The van der Waals surface area contributed by atoms with Crippen molar-refractivity contribution in [2.75, 3.05) is 0 Å². The van der Waals surface area contributed by atoms with Crippen molar-refractivity contribution in [2.24, 2.45) is 0 Å². The van der Waals surface area contributed by atoms with Crippen LogP contribution in [0.15, 0.2) is 18.5 Å². The van der Waals surface area contributed by atoms with Crippen LogP contribution >= 0.6 is 0 Å². The zero-order chi connectivity index (χ0) is 11.0. The van der Waals surface area contributed by atoms with E-state index in [0.717, 1.165) is 6.20 Å². The SMILES string of the molecule is CC(=O)c1c[nH]c2ncc([N+](=O)[O-])cc12. The van der Waals surface area contributed by atoms with Gasteiger partial charge in [-0.1, -0.05) is 0 Å². The Kier molecular flexibility index (Phi) is 1.96. The van der Waals surface area contributed by atoms with Crippen molar-refractivity contribution in [3.8, 4) is 0 Å². The van der Waals surface area contributed by atoms with Gasteiger partial charge in [0, 0.05) is 23.2 Å². The minimum absolute atomic E-state index is 0.121. The van der Waals surface area contributed by atoms with Crippen LogP contribution in [0.25, 0.3) is 11.0 Å². The Labute approximate surface area is 84.1 Å². The number of pyridine rings is 1. The third kappa shape index (κ3) is 1.45. The molecule has 0 radical (unpaired) electrons. The summed E-state index contributed by atoms with van der Waals surface area (Å²) in [6.07, 6.45) is 2.66. The van der Waals surface area contributed by atoms with Crippen molar-refractivity contribution < 1.29 is 9.72 Å². The monoisotopic (exact) mass is 205 g/mol. The van der Waals surface area contributed by atoms with Crippen molar-refractivity contribution in [3.63, 3.8) is 0 Å². The number of carbonyl (C=O) groups excluding carboxylic acids is 1. The van der Waals surface area contributed by atoms with Crippen molar-refractivity contribution >= 4 is 22.5 Å². The summed E-state index contributed by atoms with van der Waals surface area (Å²) in [4.78, 5) is 27.8. The van der Waals surface area contributed by atoms with Crippen LogP contribution in [-0.2, 0) is 0 Å². The number of ketones is 1. The van der Waals surface area contributed by atoms with Gasteiger partial charge in [-0.25, -0.2) is 4.98 Å². The minimum atomic E-state index is -0.538. The molecule has 2 aromatic rings. The summed E-state index contributed by atoms with van der Waals surface area (Å²) in [5.74, 6) is -0.149. The molecule has 0 aliphatic heterocycles. The van der Waals surface area contributed by atoms with E-state index in [1.165, 1.54) is 19.2 Å². The normalized spacial score (nSPS) is 10.5. The molecule has 2 aromatic heterocycles. The lowest BCUT2D eigenvalue weighted by molar-refractivity contribution is -0.385. The predicted octanol–water partition coefficient (Wildman–Crippen LogP) is 1.67. The Morgan fingerprint density at radius 1 is 1.60 bits per heavy atom. The molecule has 0 bridgehead atoms. The molecule has 76 valence electrons. The number of hydrogen-bond acceptors (Lipinski definition) is 4. The molecule has 6 nitrogen and oxygen atoms in total. The van der Waals surface area contributed by atoms with Gasteiger partial charge >= 0.3 is 0 Å². The van der Waals surface area contributed by atoms with E-state index in [9.17, 15) is 14.9 Å². The first-order chi connectivity index (χ1) is 7.09.